The van der Waals surface area contributed by atoms with E-state index in [1.54, 1.807) is 0 Å². The molecule has 0 saturated carbocycles. The van der Waals surface area contributed by atoms with E-state index in [-0.39, 0.29) is 59.3 Å². The Morgan fingerprint density at radius 2 is 0.833 bits per heavy atom. The first-order valence-electron chi connectivity index (χ1n) is 8.51. The second kappa shape index (κ2) is 16.1. The fourth-order valence-electron chi connectivity index (χ4n) is 2.18. The Morgan fingerprint density at radius 1 is 0.567 bits per heavy atom. The van der Waals surface area contributed by atoms with Crippen LogP contribution in [0, 0.1) is 32.3 Å². The van der Waals surface area contributed by atoms with Crippen LogP contribution in [0.15, 0.2) is 14.4 Å². The molecule has 0 aromatic carbocycles. The normalized spacial score (nSPS) is 9.70. The lowest BCUT2D eigenvalue weighted by molar-refractivity contribution is 0.140. The smallest absolute Gasteiger partial charge is 0.336 e. The second-order valence-electron chi connectivity index (χ2n) is 5.27. The second-order valence-corrected chi connectivity index (χ2v) is 6.46. The van der Waals surface area contributed by atoms with Crippen molar-refractivity contribution < 1.29 is 14.2 Å². The summed E-state index contributed by atoms with van der Waals surface area (Å²) in [6.45, 7) is 0.530. The minimum atomic E-state index is -0.738. The lowest BCUT2D eigenvalue weighted by Crippen LogP contribution is -2.55. The van der Waals surface area contributed by atoms with E-state index in [0.717, 1.165) is 13.7 Å². The van der Waals surface area contributed by atoms with Crippen LogP contribution in [-0.4, -0.2) is 53.3 Å². The van der Waals surface area contributed by atoms with Gasteiger partial charge in [-0.05, 0) is 14.5 Å². The highest BCUT2D eigenvalue weighted by atomic mass is 79.9. The molecule has 30 heavy (non-hydrogen) atoms. The molecule has 0 aliphatic carbocycles. The number of aromatic nitrogens is 3. The average Bonchev–Trinajstić information content (AvgIpc) is 2.74. The molecule has 0 N–H and O–H groups in total. The van der Waals surface area contributed by atoms with Gasteiger partial charge in [0.25, 0.3) is 0 Å². The van der Waals surface area contributed by atoms with E-state index in [0.29, 0.717) is 0 Å². The van der Waals surface area contributed by atoms with E-state index in [1.165, 1.54) is 0 Å². The van der Waals surface area contributed by atoms with Gasteiger partial charge in [-0.25, -0.2) is 28.1 Å². The van der Waals surface area contributed by atoms with Crippen molar-refractivity contribution in [1.29, 1.82) is 0 Å². The number of ether oxygens (including phenoxy) is 3. The molecule has 9 nitrogen and oxygen atoms in total. The van der Waals surface area contributed by atoms with Crippen LogP contribution in [0.5, 0.6) is 0 Å². The highest BCUT2D eigenvalue weighted by Gasteiger charge is 2.15. The van der Waals surface area contributed by atoms with Crippen LogP contribution in [0.3, 0.4) is 0 Å². The Morgan fingerprint density at radius 3 is 1.07 bits per heavy atom. The van der Waals surface area contributed by atoms with Gasteiger partial charge in [-0.3, -0.25) is 0 Å². The summed E-state index contributed by atoms with van der Waals surface area (Å²) in [5.74, 6) is 7.92. The number of rotatable bonds is 12. The molecule has 1 aromatic heterocycles. The van der Waals surface area contributed by atoms with E-state index < -0.39 is 17.1 Å². The lowest BCUT2D eigenvalue weighted by Gasteiger charge is -2.14. The molecule has 162 valence electrons. The molecule has 0 amide bonds. The average molecular weight is 612 g/mol. The number of hydrogen-bond acceptors (Lipinski definition) is 6. The maximum absolute atomic E-state index is 12.7. The highest BCUT2D eigenvalue weighted by molar-refractivity contribution is 9.12. The summed E-state index contributed by atoms with van der Waals surface area (Å²) >= 11 is 8.83. The van der Waals surface area contributed by atoms with Crippen molar-refractivity contribution in [3.05, 3.63) is 31.5 Å². The predicted molar refractivity (Wildman–Crippen MR) is 122 cm³/mol. The summed E-state index contributed by atoms with van der Waals surface area (Å²) in [6, 6.07) is 0. The van der Waals surface area contributed by atoms with Gasteiger partial charge >= 0.3 is 17.1 Å². The molecule has 0 unspecified atom stereocenters. The van der Waals surface area contributed by atoms with Crippen molar-refractivity contribution >= 4 is 47.8 Å². The van der Waals surface area contributed by atoms with Gasteiger partial charge in [0.2, 0.25) is 0 Å². The van der Waals surface area contributed by atoms with Gasteiger partial charge in [-0.15, -0.1) is 0 Å². The zero-order chi connectivity index (χ0) is 22.2. The topological polar surface area (TPSA) is 93.7 Å². The Kier molecular flexibility index (Phi) is 14.2. The largest absolute Gasteiger partial charge is 0.367 e. The molecule has 0 fully saturated rings. The summed E-state index contributed by atoms with van der Waals surface area (Å²) in [4.78, 5) is 45.6. The van der Waals surface area contributed by atoms with Gasteiger partial charge in [0.05, 0.1) is 39.5 Å². The van der Waals surface area contributed by atoms with E-state index >= 15 is 0 Å². The van der Waals surface area contributed by atoms with E-state index in [9.17, 15) is 14.4 Å². The van der Waals surface area contributed by atoms with Crippen LogP contribution < -0.4 is 17.1 Å². The predicted octanol–water partition coefficient (Wildman–Crippen LogP) is 0.289. The number of nitrogens with zero attached hydrogens (tertiary/aromatic N) is 3. The van der Waals surface area contributed by atoms with Gasteiger partial charge < -0.3 is 14.2 Å². The molecule has 0 atom stereocenters. The maximum Gasteiger partial charge on any atom is 0.336 e. The van der Waals surface area contributed by atoms with Crippen molar-refractivity contribution in [2.45, 2.75) is 19.6 Å². The Bertz CT molecular complexity index is 880. The van der Waals surface area contributed by atoms with Crippen molar-refractivity contribution in [3.63, 3.8) is 0 Å². The molecule has 0 aliphatic heterocycles. The molecule has 1 aromatic rings. The third-order valence-corrected chi connectivity index (χ3v) is 4.33. The summed E-state index contributed by atoms with van der Waals surface area (Å²) in [7, 11) is 0. The molecular weight excluding hydrogens is 594 g/mol. The lowest BCUT2D eigenvalue weighted by atomic mass is 10.5. The van der Waals surface area contributed by atoms with Crippen LogP contribution in [0.4, 0.5) is 0 Å². The van der Waals surface area contributed by atoms with Crippen LogP contribution >= 0.6 is 47.8 Å². The molecule has 0 radical (unpaired) electrons. The molecule has 0 aliphatic rings. The highest BCUT2D eigenvalue weighted by Crippen LogP contribution is 1.84. The maximum atomic E-state index is 12.7. The SMILES string of the molecule is O=c1n(CCOCC#CBr)c(=O)n(CCOCC#CBr)c(=O)n1CCOCC#CBr. The van der Waals surface area contributed by atoms with Crippen LogP contribution in [0.25, 0.3) is 0 Å². The standard InChI is InChI=1S/C18H18Br3N3O6/c19-4-1-10-28-13-7-22-16(25)23(8-14-29-11-2-5-20)18(27)24(17(22)26)9-15-30-12-3-6-21/h7-15H2. The number of hydrogen-bond donors (Lipinski definition) is 0. The van der Waals surface area contributed by atoms with Crippen molar-refractivity contribution in [2.24, 2.45) is 0 Å². The van der Waals surface area contributed by atoms with E-state index in [1.807, 2.05) is 0 Å². The molecule has 0 bridgehead atoms. The first kappa shape index (κ1) is 26.4. The van der Waals surface area contributed by atoms with Crippen molar-refractivity contribution in [1.82, 2.24) is 13.7 Å². The third-order valence-electron chi connectivity index (χ3n) is 3.49. The van der Waals surface area contributed by atoms with Gasteiger partial charge in [0.1, 0.15) is 19.8 Å². The van der Waals surface area contributed by atoms with Crippen LogP contribution in [0.2, 0.25) is 0 Å². The van der Waals surface area contributed by atoms with Gasteiger partial charge in [-0.1, -0.05) is 17.8 Å². The van der Waals surface area contributed by atoms with Gasteiger partial charge in [-0.2, -0.15) is 0 Å². The van der Waals surface area contributed by atoms with E-state index in [2.05, 4.69) is 80.0 Å². The monoisotopic (exact) mass is 609 g/mol. The molecule has 0 spiro atoms. The fourth-order valence-corrected chi connectivity index (χ4v) is 2.52. The Hall–Kier alpha value is -1.59. The molecule has 1 rings (SSSR count). The Labute approximate surface area is 198 Å². The third kappa shape index (κ3) is 9.05. The first-order valence-corrected chi connectivity index (χ1v) is 10.9. The molecular formula is C18H18Br3N3O6. The minimum absolute atomic E-state index is 0.0340. The summed E-state index contributed by atoms with van der Waals surface area (Å²) in [6.07, 6.45) is 0. The molecule has 0 saturated heterocycles. The minimum Gasteiger partial charge on any atom is -0.367 e. The first-order chi connectivity index (χ1) is 14.6. The van der Waals surface area contributed by atoms with Crippen LogP contribution in [-0.2, 0) is 33.8 Å². The summed E-state index contributed by atoms with van der Waals surface area (Å²) in [5, 5.41) is 0. The van der Waals surface area contributed by atoms with Crippen LogP contribution in [0.1, 0.15) is 0 Å². The number of halogens is 3. The summed E-state index contributed by atoms with van der Waals surface area (Å²) in [5.41, 5.74) is -2.21. The molecule has 1 heterocycles. The van der Waals surface area contributed by atoms with Gasteiger partial charge in [0.15, 0.2) is 0 Å². The van der Waals surface area contributed by atoms with E-state index in [4.69, 9.17) is 14.2 Å². The fraction of sp³-hybridized carbons (Fsp3) is 0.500. The quantitative estimate of drug-likeness (QED) is 0.249. The van der Waals surface area contributed by atoms with Crippen molar-refractivity contribution in [2.75, 3.05) is 39.6 Å². The Balaban J connectivity index is 3.09. The summed E-state index contributed by atoms with van der Waals surface area (Å²) < 4.78 is 18.6. The van der Waals surface area contributed by atoms with Crippen molar-refractivity contribution in [3.8, 4) is 32.3 Å². The van der Waals surface area contributed by atoms with Gasteiger partial charge in [0, 0.05) is 47.8 Å². The zero-order valence-corrected chi connectivity index (χ0v) is 20.5. The molecule has 12 heteroatoms. The zero-order valence-electron chi connectivity index (χ0n) is 15.8.